The molecule has 1 atom stereocenters. The van der Waals surface area contributed by atoms with Gasteiger partial charge >= 0.3 is 0 Å². The minimum absolute atomic E-state index is 0. The summed E-state index contributed by atoms with van der Waals surface area (Å²) in [4.78, 5) is 17.7. The third kappa shape index (κ3) is 6.68. The lowest BCUT2D eigenvalue weighted by Gasteiger charge is -2.50. The van der Waals surface area contributed by atoms with E-state index in [1.54, 1.807) is 0 Å². The first kappa shape index (κ1) is 26.2. The number of hydrogen-bond donors (Lipinski definition) is 2. The average Bonchev–Trinajstić information content (AvgIpc) is 2.63. The van der Waals surface area contributed by atoms with E-state index in [2.05, 4.69) is 27.5 Å². The van der Waals surface area contributed by atoms with Crippen molar-refractivity contribution in [3.05, 3.63) is 0 Å². The fourth-order valence-corrected chi connectivity index (χ4v) is 4.48. The van der Waals surface area contributed by atoms with Crippen LogP contribution >= 0.6 is 37.2 Å². The van der Waals surface area contributed by atoms with E-state index in [1.165, 1.54) is 45.2 Å². The predicted octanol–water partition coefficient (Wildman–Crippen LogP) is 2.32. The number of halogens is 3. The van der Waals surface area contributed by atoms with Gasteiger partial charge in [0.15, 0.2) is 0 Å². The number of piperidine rings is 3. The molecule has 0 radical (unpaired) electrons. The van der Waals surface area contributed by atoms with E-state index in [9.17, 15) is 4.79 Å². The molecule has 2 N–H and O–H groups in total. The van der Waals surface area contributed by atoms with Gasteiger partial charge < -0.3 is 15.5 Å². The van der Waals surface area contributed by atoms with Gasteiger partial charge in [-0.15, -0.1) is 37.2 Å². The highest BCUT2D eigenvalue weighted by Crippen LogP contribution is 2.31. The third-order valence-electron chi connectivity index (χ3n) is 6.20. The summed E-state index contributed by atoms with van der Waals surface area (Å²) >= 11 is 0. The second-order valence-electron chi connectivity index (χ2n) is 7.84. The van der Waals surface area contributed by atoms with Gasteiger partial charge in [-0.3, -0.25) is 9.69 Å². The van der Waals surface area contributed by atoms with Crippen LogP contribution in [0.5, 0.6) is 0 Å². The van der Waals surface area contributed by atoms with Crippen LogP contribution in [0.1, 0.15) is 44.9 Å². The summed E-state index contributed by atoms with van der Waals surface area (Å²) in [7, 11) is 2.21. The summed E-state index contributed by atoms with van der Waals surface area (Å²) in [6.07, 6.45) is 8.54. The fourth-order valence-electron chi connectivity index (χ4n) is 4.48. The number of carbonyl (C=O) groups is 1. The monoisotopic (exact) mass is 430 g/mol. The van der Waals surface area contributed by atoms with Crippen LogP contribution in [0.2, 0.25) is 0 Å². The third-order valence-corrected chi connectivity index (χ3v) is 6.20. The minimum Gasteiger partial charge on any atom is -0.354 e. The normalized spacial score (nSPS) is 26.6. The van der Waals surface area contributed by atoms with E-state index in [4.69, 9.17) is 0 Å². The Hall–Kier alpha value is 0.220. The molecule has 0 aliphatic carbocycles. The number of nitrogens with zero attached hydrogens (tertiary/aromatic N) is 2. The topological polar surface area (TPSA) is 47.6 Å². The molecular weight excluding hydrogens is 395 g/mol. The minimum atomic E-state index is 0. The van der Waals surface area contributed by atoms with Crippen LogP contribution in [-0.2, 0) is 4.79 Å². The summed E-state index contributed by atoms with van der Waals surface area (Å²) in [5.74, 6) is 0.445. The second kappa shape index (κ2) is 12.6. The van der Waals surface area contributed by atoms with Crippen molar-refractivity contribution in [3.63, 3.8) is 0 Å². The van der Waals surface area contributed by atoms with Crippen LogP contribution in [0.4, 0.5) is 0 Å². The maximum Gasteiger partial charge on any atom is 0.224 e. The highest BCUT2D eigenvalue weighted by atomic mass is 35.5. The molecule has 0 aromatic heterocycles. The smallest absolute Gasteiger partial charge is 0.224 e. The van der Waals surface area contributed by atoms with Gasteiger partial charge in [-0.05, 0) is 78.3 Å². The molecule has 3 fully saturated rings. The standard InChI is InChI=1S/C18H34N4O.3ClH/c1-21-12-7-18(8-13-21,22-10-3-2-4-11-22)15-20-17(23)16-6-5-9-19-14-16;;;/h16,19H,2-15H2,1H3,(H,20,23);3*1H. The summed E-state index contributed by atoms with van der Waals surface area (Å²) in [6, 6.07) is 0. The van der Waals surface area contributed by atoms with E-state index in [1.807, 2.05) is 0 Å². The molecule has 1 unspecified atom stereocenters. The first-order valence-electron chi connectivity index (χ1n) is 9.62. The van der Waals surface area contributed by atoms with Gasteiger partial charge in [-0.2, -0.15) is 0 Å². The molecular formula is C18H37Cl3N4O. The van der Waals surface area contributed by atoms with Gasteiger partial charge in [0.2, 0.25) is 5.91 Å². The first-order chi connectivity index (χ1) is 11.2. The maximum absolute atomic E-state index is 12.6. The number of amides is 1. The van der Waals surface area contributed by atoms with E-state index < -0.39 is 0 Å². The molecule has 156 valence electrons. The molecule has 0 aromatic rings. The lowest BCUT2D eigenvalue weighted by Crippen LogP contribution is -2.61. The number of hydrogen-bond acceptors (Lipinski definition) is 4. The molecule has 3 aliphatic heterocycles. The summed E-state index contributed by atoms with van der Waals surface area (Å²) < 4.78 is 0. The lowest BCUT2D eigenvalue weighted by atomic mass is 9.83. The molecule has 0 bridgehead atoms. The molecule has 0 spiro atoms. The summed E-state index contributed by atoms with van der Waals surface area (Å²) in [5, 5.41) is 6.69. The first-order valence-corrected chi connectivity index (χ1v) is 9.62. The van der Waals surface area contributed by atoms with Crippen LogP contribution in [0, 0.1) is 5.92 Å². The van der Waals surface area contributed by atoms with Gasteiger partial charge in [0, 0.05) is 18.6 Å². The summed E-state index contributed by atoms with van der Waals surface area (Å²) in [6.45, 7) is 7.49. The Morgan fingerprint density at radius 3 is 2.27 bits per heavy atom. The molecule has 3 heterocycles. The van der Waals surface area contributed by atoms with Crippen LogP contribution in [0.25, 0.3) is 0 Å². The zero-order chi connectivity index (χ0) is 16.1. The Labute approximate surface area is 177 Å². The van der Waals surface area contributed by atoms with Gasteiger partial charge in [0.1, 0.15) is 0 Å². The Bertz CT molecular complexity index is 394. The number of nitrogens with one attached hydrogen (secondary N) is 2. The van der Waals surface area contributed by atoms with Gasteiger partial charge in [0.25, 0.3) is 0 Å². The largest absolute Gasteiger partial charge is 0.354 e. The Balaban J connectivity index is 0.00000208. The average molecular weight is 432 g/mol. The van der Waals surface area contributed by atoms with Gasteiger partial charge in [-0.25, -0.2) is 0 Å². The Morgan fingerprint density at radius 1 is 1.04 bits per heavy atom. The molecule has 0 aromatic carbocycles. The quantitative estimate of drug-likeness (QED) is 0.717. The van der Waals surface area contributed by atoms with E-state index in [-0.39, 0.29) is 54.6 Å². The van der Waals surface area contributed by atoms with Crippen molar-refractivity contribution in [2.75, 3.05) is 52.9 Å². The predicted molar refractivity (Wildman–Crippen MR) is 115 cm³/mol. The molecule has 1 amide bonds. The van der Waals surface area contributed by atoms with Crippen LogP contribution in [0.15, 0.2) is 0 Å². The number of likely N-dealkylation sites (tertiary alicyclic amines) is 2. The van der Waals surface area contributed by atoms with E-state index >= 15 is 0 Å². The lowest BCUT2D eigenvalue weighted by molar-refractivity contribution is -0.126. The van der Waals surface area contributed by atoms with Crippen molar-refractivity contribution in [1.82, 2.24) is 20.4 Å². The molecule has 5 nitrogen and oxygen atoms in total. The zero-order valence-electron chi connectivity index (χ0n) is 16.0. The van der Waals surface area contributed by atoms with Crippen molar-refractivity contribution >= 4 is 43.1 Å². The van der Waals surface area contributed by atoms with Crippen molar-refractivity contribution in [2.24, 2.45) is 5.92 Å². The maximum atomic E-state index is 12.6. The highest BCUT2D eigenvalue weighted by Gasteiger charge is 2.40. The Kier molecular flexibility index (Phi) is 12.7. The molecule has 0 saturated carbocycles. The zero-order valence-corrected chi connectivity index (χ0v) is 18.5. The van der Waals surface area contributed by atoms with Crippen molar-refractivity contribution in [1.29, 1.82) is 0 Å². The number of carbonyl (C=O) groups excluding carboxylic acids is 1. The van der Waals surface area contributed by atoms with Crippen molar-refractivity contribution in [2.45, 2.75) is 50.5 Å². The molecule has 3 saturated heterocycles. The second-order valence-corrected chi connectivity index (χ2v) is 7.84. The molecule has 3 aliphatic rings. The van der Waals surface area contributed by atoms with Crippen LogP contribution in [0.3, 0.4) is 0 Å². The number of rotatable bonds is 4. The van der Waals surface area contributed by atoms with Gasteiger partial charge in [-0.1, -0.05) is 6.42 Å². The van der Waals surface area contributed by atoms with Gasteiger partial charge in [0.05, 0.1) is 5.92 Å². The van der Waals surface area contributed by atoms with Crippen LogP contribution in [-0.4, -0.2) is 74.1 Å². The summed E-state index contributed by atoms with van der Waals surface area (Å²) in [5.41, 5.74) is 0.199. The van der Waals surface area contributed by atoms with Crippen LogP contribution < -0.4 is 10.6 Å². The fraction of sp³-hybridized carbons (Fsp3) is 0.944. The molecule has 3 rings (SSSR count). The van der Waals surface area contributed by atoms with Crippen molar-refractivity contribution in [3.8, 4) is 0 Å². The molecule has 8 heteroatoms. The highest BCUT2D eigenvalue weighted by molar-refractivity contribution is 5.86. The Morgan fingerprint density at radius 2 is 1.69 bits per heavy atom. The van der Waals surface area contributed by atoms with E-state index in [0.29, 0.717) is 0 Å². The van der Waals surface area contributed by atoms with Crippen molar-refractivity contribution < 1.29 is 4.79 Å². The van der Waals surface area contributed by atoms with E-state index in [0.717, 1.165) is 45.6 Å². The SMILES string of the molecule is CN1CCC(CNC(=O)C2CCCNC2)(N2CCCCC2)CC1.Cl.Cl.Cl. The molecule has 26 heavy (non-hydrogen) atoms.